The number of carboxylic acids is 1. The molecule has 1 rings (SSSR count). The van der Waals surface area contributed by atoms with Crippen LogP contribution in [-0.4, -0.2) is 48.8 Å². The highest BCUT2D eigenvalue weighted by Crippen LogP contribution is 2.39. The van der Waals surface area contributed by atoms with Gasteiger partial charge in [0.1, 0.15) is 0 Å². The molecule has 4 nitrogen and oxygen atoms in total. The second-order valence-corrected chi connectivity index (χ2v) is 5.73. The fourth-order valence-electron chi connectivity index (χ4n) is 3.28. The van der Waals surface area contributed by atoms with Gasteiger partial charge in [0.05, 0.1) is 12.0 Å². The zero-order valence-electron chi connectivity index (χ0n) is 12.7. The average Bonchev–Trinajstić information content (AvgIpc) is 2.87. The lowest BCUT2D eigenvalue weighted by atomic mass is 9.85. The summed E-state index contributed by atoms with van der Waals surface area (Å²) in [4.78, 5) is 14.0. The third kappa shape index (κ3) is 4.18. The van der Waals surface area contributed by atoms with Crippen LogP contribution >= 0.6 is 0 Å². The standard InChI is InChI=1S/C15H29NO3/c1-4-13(5-2)16(10-11-19-3)12-15(14(17)18)8-6-7-9-15/h13H,4-12H2,1-3H3,(H,17,18). The highest BCUT2D eigenvalue weighted by atomic mass is 16.5. The van der Waals surface area contributed by atoms with Crippen molar-refractivity contribution in [3.8, 4) is 0 Å². The van der Waals surface area contributed by atoms with Gasteiger partial charge in [-0.3, -0.25) is 9.69 Å². The van der Waals surface area contributed by atoms with Gasteiger partial charge < -0.3 is 9.84 Å². The Labute approximate surface area is 117 Å². The van der Waals surface area contributed by atoms with Gasteiger partial charge in [-0.1, -0.05) is 26.7 Å². The first-order valence-corrected chi connectivity index (χ1v) is 7.56. The Morgan fingerprint density at radius 3 is 2.32 bits per heavy atom. The first-order chi connectivity index (χ1) is 9.09. The van der Waals surface area contributed by atoms with Crippen LogP contribution in [0.1, 0.15) is 52.4 Å². The van der Waals surface area contributed by atoms with Crippen LogP contribution in [-0.2, 0) is 9.53 Å². The van der Waals surface area contributed by atoms with E-state index in [1.807, 2.05) is 0 Å². The van der Waals surface area contributed by atoms with Crippen LogP contribution in [0.2, 0.25) is 0 Å². The van der Waals surface area contributed by atoms with E-state index in [2.05, 4.69) is 18.7 Å². The lowest BCUT2D eigenvalue weighted by Crippen LogP contribution is -2.47. The highest BCUT2D eigenvalue weighted by molar-refractivity contribution is 5.75. The topological polar surface area (TPSA) is 49.8 Å². The predicted octanol–water partition coefficient (Wildman–Crippen LogP) is 2.77. The Hall–Kier alpha value is -0.610. The molecular formula is C15H29NO3. The van der Waals surface area contributed by atoms with Crippen LogP contribution in [0, 0.1) is 5.41 Å². The zero-order chi connectivity index (χ0) is 14.3. The number of hydrogen-bond donors (Lipinski definition) is 1. The molecule has 0 aromatic rings. The summed E-state index contributed by atoms with van der Waals surface area (Å²) in [6.07, 6.45) is 5.88. The van der Waals surface area contributed by atoms with Gasteiger partial charge >= 0.3 is 5.97 Å². The molecule has 1 fully saturated rings. The number of hydrogen-bond acceptors (Lipinski definition) is 3. The molecule has 0 spiro atoms. The van der Waals surface area contributed by atoms with E-state index in [4.69, 9.17) is 4.74 Å². The zero-order valence-corrected chi connectivity index (χ0v) is 12.7. The SMILES string of the molecule is CCC(CC)N(CCOC)CC1(C(=O)O)CCCC1. The minimum atomic E-state index is -0.613. The predicted molar refractivity (Wildman–Crippen MR) is 76.4 cm³/mol. The Bertz CT molecular complexity index is 271. The lowest BCUT2D eigenvalue weighted by molar-refractivity contribution is -0.150. The van der Waals surface area contributed by atoms with E-state index in [1.54, 1.807) is 7.11 Å². The number of rotatable bonds is 9. The smallest absolute Gasteiger partial charge is 0.310 e. The summed E-state index contributed by atoms with van der Waals surface area (Å²) < 4.78 is 5.18. The molecule has 0 aromatic heterocycles. The Balaban J connectivity index is 2.76. The van der Waals surface area contributed by atoms with E-state index in [0.717, 1.165) is 45.1 Å². The van der Waals surface area contributed by atoms with Crippen LogP contribution in [0.5, 0.6) is 0 Å². The molecule has 0 heterocycles. The summed E-state index contributed by atoms with van der Waals surface area (Å²) in [5.74, 6) is -0.613. The van der Waals surface area contributed by atoms with E-state index in [-0.39, 0.29) is 0 Å². The summed E-state index contributed by atoms with van der Waals surface area (Å²) in [6.45, 7) is 6.54. The molecule has 0 aromatic carbocycles. The molecule has 1 N–H and O–H groups in total. The van der Waals surface area contributed by atoms with E-state index in [1.165, 1.54) is 0 Å². The molecule has 0 aliphatic heterocycles. The van der Waals surface area contributed by atoms with E-state index < -0.39 is 11.4 Å². The molecule has 0 atom stereocenters. The van der Waals surface area contributed by atoms with E-state index in [9.17, 15) is 9.90 Å². The molecule has 0 bridgehead atoms. The molecule has 19 heavy (non-hydrogen) atoms. The van der Waals surface area contributed by atoms with Crippen LogP contribution in [0.3, 0.4) is 0 Å². The quantitative estimate of drug-likeness (QED) is 0.700. The third-order valence-corrected chi connectivity index (χ3v) is 4.56. The maximum atomic E-state index is 11.7. The summed E-state index contributed by atoms with van der Waals surface area (Å²) in [7, 11) is 1.70. The second kappa shape index (κ2) is 7.85. The van der Waals surface area contributed by atoms with E-state index in [0.29, 0.717) is 19.2 Å². The fraction of sp³-hybridized carbons (Fsp3) is 0.933. The molecular weight excluding hydrogens is 242 g/mol. The largest absolute Gasteiger partial charge is 0.481 e. The minimum Gasteiger partial charge on any atom is -0.481 e. The van der Waals surface area contributed by atoms with Crippen molar-refractivity contribution in [1.29, 1.82) is 0 Å². The van der Waals surface area contributed by atoms with Gasteiger partial charge in [0.25, 0.3) is 0 Å². The number of carboxylic acid groups (broad SMARTS) is 1. The first kappa shape index (κ1) is 16.4. The van der Waals surface area contributed by atoms with Crippen LogP contribution < -0.4 is 0 Å². The van der Waals surface area contributed by atoms with Crippen molar-refractivity contribution in [3.63, 3.8) is 0 Å². The Morgan fingerprint density at radius 2 is 1.89 bits per heavy atom. The normalized spacial score (nSPS) is 18.4. The number of aliphatic carboxylic acids is 1. The summed E-state index contributed by atoms with van der Waals surface area (Å²) in [6, 6.07) is 0.465. The van der Waals surface area contributed by atoms with Crippen molar-refractivity contribution in [1.82, 2.24) is 4.90 Å². The molecule has 0 saturated heterocycles. The summed E-state index contributed by atoms with van der Waals surface area (Å²) in [5, 5.41) is 9.61. The van der Waals surface area contributed by atoms with Crippen molar-refractivity contribution in [2.75, 3.05) is 26.8 Å². The van der Waals surface area contributed by atoms with Gasteiger partial charge in [-0.05, 0) is 25.7 Å². The second-order valence-electron chi connectivity index (χ2n) is 5.73. The van der Waals surface area contributed by atoms with E-state index >= 15 is 0 Å². The number of nitrogens with zero attached hydrogens (tertiary/aromatic N) is 1. The van der Waals surface area contributed by atoms with Gasteiger partial charge in [0.15, 0.2) is 0 Å². The van der Waals surface area contributed by atoms with Crippen LogP contribution in [0.15, 0.2) is 0 Å². The molecule has 0 radical (unpaired) electrons. The lowest BCUT2D eigenvalue weighted by Gasteiger charge is -2.36. The van der Waals surface area contributed by atoms with Crippen LogP contribution in [0.25, 0.3) is 0 Å². The molecule has 112 valence electrons. The summed E-state index contributed by atoms with van der Waals surface area (Å²) in [5.41, 5.74) is -0.518. The maximum absolute atomic E-state index is 11.7. The maximum Gasteiger partial charge on any atom is 0.310 e. The van der Waals surface area contributed by atoms with Crippen LogP contribution in [0.4, 0.5) is 0 Å². The number of ether oxygens (including phenoxy) is 1. The molecule has 1 aliphatic rings. The Morgan fingerprint density at radius 1 is 1.32 bits per heavy atom. The number of methoxy groups -OCH3 is 1. The molecule has 1 aliphatic carbocycles. The highest BCUT2D eigenvalue weighted by Gasteiger charge is 2.43. The summed E-state index contributed by atoms with van der Waals surface area (Å²) >= 11 is 0. The monoisotopic (exact) mass is 271 g/mol. The minimum absolute atomic E-state index is 0.465. The average molecular weight is 271 g/mol. The fourth-order valence-corrected chi connectivity index (χ4v) is 3.28. The third-order valence-electron chi connectivity index (χ3n) is 4.56. The first-order valence-electron chi connectivity index (χ1n) is 7.56. The molecule has 4 heteroatoms. The Kier molecular flexibility index (Phi) is 6.80. The van der Waals surface area contributed by atoms with Gasteiger partial charge in [0.2, 0.25) is 0 Å². The van der Waals surface area contributed by atoms with Gasteiger partial charge in [-0.15, -0.1) is 0 Å². The van der Waals surface area contributed by atoms with Crippen molar-refractivity contribution < 1.29 is 14.6 Å². The number of carbonyl (C=O) groups is 1. The molecule has 0 amide bonds. The van der Waals surface area contributed by atoms with Crippen molar-refractivity contribution in [3.05, 3.63) is 0 Å². The van der Waals surface area contributed by atoms with Gasteiger partial charge in [-0.2, -0.15) is 0 Å². The van der Waals surface area contributed by atoms with Crippen molar-refractivity contribution in [2.45, 2.75) is 58.4 Å². The molecule has 0 unspecified atom stereocenters. The van der Waals surface area contributed by atoms with Gasteiger partial charge in [0, 0.05) is 26.2 Å². The molecule has 1 saturated carbocycles. The van der Waals surface area contributed by atoms with Crippen molar-refractivity contribution >= 4 is 5.97 Å². The van der Waals surface area contributed by atoms with Crippen molar-refractivity contribution in [2.24, 2.45) is 5.41 Å². The van der Waals surface area contributed by atoms with Gasteiger partial charge in [-0.25, -0.2) is 0 Å².